The van der Waals surface area contributed by atoms with Gasteiger partial charge in [0.1, 0.15) is 0 Å². The van der Waals surface area contributed by atoms with Crippen molar-refractivity contribution in [1.82, 2.24) is 4.72 Å². The molecule has 12 heavy (non-hydrogen) atoms. The van der Waals surface area contributed by atoms with Gasteiger partial charge in [0, 0.05) is 6.54 Å². The predicted molar refractivity (Wildman–Crippen MR) is 48.4 cm³/mol. The van der Waals surface area contributed by atoms with Crippen molar-refractivity contribution in [2.45, 2.75) is 32.8 Å². The topological polar surface area (TPSA) is 66.4 Å². The summed E-state index contributed by atoms with van der Waals surface area (Å²) in [6.07, 6.45) is 0.895. The first-order chi connectivity index (χ1) is 5.48. The molecule has 74 valence electrons. The lowest BCUT2D eigenvalue weighted by molar-refractivity contribution is 0.198. The van der Waals surface area contributed by atoms with E-state index >= 15 is 0 Å². The van der Waals surface area contributed by atoms with Gasteiger partial charge in [-0.25, -0.2) is 13.1 Å². The molecule has 4 nitrogen and oxygen atoms in total. The van der Waals surface area contributed by atoms with Gasteiger partial charge in [0.25, 0.3) is 0 Å². The summed E-state index contributed by atoms with van der Waals surface area (Å²) >= 11 is 0. The fourth-order valence-electron chi connectivity index (χ4n) is 0.654. The first-order valence-electron chi connectivity index (χ1n) is 4.13. The Hall–Kier alpha value is -0.130. The highest BCUT2D eigenvalue weighted by atomic mass is 32.2. The van der Waals surface area contributed by atoms with E-state index in [1.165, 1.54) is 0 Å². The summed E-state index contributed by atoms with van der Waals surface area (Å²) in [7, 11) is -3.15. The molecule has 0 aliphatic rings. The molecule has 2 N–H and O–H groups in total. The molecule has 0 unspecified atom stereocenters. The van der Waals surface area contributed by atoms with E-state index in [2.05, 4.69) is 4.72 Å². The molecule has 0 amide bonds. The predicted octanol–water partition coefficient (Wildman–Crippen LogP) is 0.0867. The van der Waals surface area contributed by atoms with Crippen molar-refractivity contribution in [2.24, 2.45) is 0 Å². The highest BCUT2D eigenvalue weighted by molar-refractivity contribution is 7.89. The number of hydrogen-bond donors (Lipinski definition) is 2. The summed E-state index contributed by atoms with van der Waals surface area (Å²) in [5.41, 5.74) is 0. The van der Waals surface area contributed by atoms with Gasteiger partial charge in [0.15, 0.2) is 0 Å². The average Bonchev–Trinajstić information content (AvgIpc) is 1.98. The van der Waals surface area contributed by atoms with E-state index in [4.69, 9.17) is 5.11 Å². The number of aliphatic hydroxyl groups is 1. The molecule has 0 fully saturated rings. The third kappa shape index (κ3) is 6.57. The first kappa shape index (κ1) is 11.9. The Kier molecular flexibility index (Phi) is 5.44. The van der Waals surface area contributed by atoms with Crippen LogP contribution >= 0.6 is 0 Å². The van der Waals surface area contributed by atoms with Crippen molar-refractivity contribution in [2.75, 3.05) is 12.3 Å². The lowest BCUT2D eigenvalue weighted by Crippen LogP contribution is -2.32. The molecular formula is C7H17NO3S. The molecular weight excluding hydrogens is 178 g/mol. The van der Waals surface area contributed by atoms with Crippen LogP contribution in [0.25, 0.3) is 0 Å². The van der Waals surface area contributed by atoms with E-state index in [1.54, 1.807) is 6.92 Å². The molecule has 0 aliphatic heterocycles. The largest absolute Gasteiger partial charge is 0.392 e. The van der Waals surface area contributed by atoms with Gasteiger partial charge in [-0.1, -0.05) is 13.3 Å². The maximum atomic E-state index is 11.1. The van der Waals surface area contributed by atoms with Crippen molar-refractivity contribution < 1.29 is 13.5 Å². The van der Waals surface area contributed by atoms with Gasteiger partial charge in [0.2, 0.25) is 10.0 Å². The third-order valence-corrected chi connectivity index (χ3v) is 2.80. The smallest absolute Gasteiger partial charge is 0.211 e. The Labute approximate surface area is 74.0 Å². The van der Waals surface area contributed by atoms with E-state index in [-0.39, 0.29) is 12.3 Å². The van der Waals surface area contributed by atoms with Crippen molar-refractivity contribution >= 4 is 10.0 Å². The molecule has 0 aliphatic carbocycles. The minimum atomic E-state index is -3.15. The Balaban J connectivity index is 3.73. The van der Waals surface area contributed by atoms with Crippen LogP contribution in [0.1, 0.15) is 26.7 Å². The molecule has 0 saturated carbocycles. The van der Waals surface area contributed by atoms with Crippen molar-refractivity contribution in [3.63, 3.8) is 0 Å². The molecule has 5 heteroatoms. The number of unbranched alkanes of at least 4 members (excludes halogenated alkanes) is 1. The lowest BCUT2D eigenvalue weighted by Gasteiger charge is -2.07. The second kappa shape index (κ2) is 5.50. The van der Waals surface area contributed by atoms with E-state index in [0.29, 0.717) is 6.42 Å². The van der Waals surface area contributed by atoms with Crippen LogP contribution in [0.2, 0.25) is 0 Å². The Morgan fingerprint density at radius 2 is 2.08 bits per heavy atom. The number of aliphatic hydroxyl groups excluding tert-OH is 1. The quantitative estimate of drug-likeness (QED) is 0.631. The van der Waals surface area contributed by atoms with Gasteiger partial charge >= 0.3 is 0 Å². The summed E-state index contributed by atoms with van der Waals surface area (Å²) in [5, 5.41) is 8.81. The monoisotopic (exact) mass is 195 g/mol. The number of nitrogens with one attached hydrogen (secondary N) is 1. The van der Waals surface area contributed by atoms with E-state index in [1.807, 2.05) is 6.92 Å². The fraction of sp³-hybridized carbons (Fsp3) is 1.00. The number of rotatable bonds is 6. The SMILES string of the molecule is CCCCS(=O)(=O)NC[C@H](C)O. The molecule has 0 saturated heterocycles. The van der Waals surface area contributed by atoms with Crippen molar-refractivity contribution in [3.05, 3.63) is 0 Å². The summed E-state index contributed by atoms with van der Waals surface area (Å²) in [6.45, 7) is 3.58. The van der Waals surface area contributed by atoms with Crippen molar-refractivity contribution in [1.29, 1.82) is 0 Å². The van der Waals surface area contributed by atoms with Crippen LogP contribution in [0.15, 0.2) is 0 Å². The highest BCUT2D eigenvalue weighted by Crippen LogP contribution is 1.93. The molecule has 0 rings (SSSR count). The van der Waals surface area contributed by atoms with Crippen LogP contribution in [0.5, 0.6) is 0 Å². The molecule has 0 heterocycles. The Bertz CT molecular complexity index is 199. The van der Waals surface area contributed by atoms with Crippen LogP contribution in [0, 0.1) is 0 Å². The van der Waals surface area contributed by atoms with E-state index in [9.17, 15) is 8.42 Å². The molecule has 0 radical (unpaired) electrons. The molecule has 0 aromatic heterocycles. The lowest BCUT2D eigenvalue weighted by atomic mass is 10.4. The summed E-state index contributed by atoms with van der Waals surface area (Å²) in [4.78, 5) is 0. The molecule has 1 atom stereocenters. The first-order valence-corrected chi connectivity index (χ1v) is 5.78. The maximum Gasteiger partial charge on any atom is 0.211 e. The van der Waals surface area contributed by atoms with Gasteiger partial charge < -0.3 is 5.11 Å². The van der Waals surface area contributed by atoms with Crippen molar-refractivity contribution in [3.8, 4) is 0 Å². The van der Waals surface area contributed by atoms with Crippen LogP contribution in [-0.4, -0.2) is 31.9 Å². The standard InChI is InChI=1S/C7H17NO3S/c1-3-4-5-12(10,11)8-6-7(2)9/h7-9H,3-6H2,1-2H3/t7-/m0/s1. The van der Waals surface area contributed by atoms with Crippen LogP contribution in [-0.2, 0) is 10.0 Å². The van der Waals surface area contributed by atoms with Gasteiger partial charge in [-0.05, 0) is 13.3 Å². The summed E-state index contributed by atoms with van der Waals surface area (Å²) < 4.78 is 24.5. The van der Waals surface area contributed by atoms with Gasteiger partial charge in [-0.2, -0.15) is 0 Å². The fourth-order valence-corrected chi connectivity index (χ4v) is 1.96. The second-order valence-corrected chi connectivity index (χ2v) is 4.80. The number of sulfonamides is 1. The summed E-state index contributed by atoms with van der Waals surface area (Å²) in [5.74, 6) is 0.149. The Morgan fingerprint density at radius 3 is 2.50 bits per heavy atom. The molecule has 0 bridgehead atoms. The Morgan fingerprint density at radius 1 is 1.50 bits per heavy atom. The zero-order valence-electron chi connectivity index (χ0n) is 7.58. The zero-order valence-corrected chi connectivity index (χ0v) is 8.39. The van der Waals surface area contributed by atoms with Gasteiger partial charge in [0.05, 0.1) is 11.9 Å². The highest BCUT2D eigenvalue weighted by Gasteiger charge is 2.09. The molecule has 0 spiro atoms. The summed E-state index contributed by atoms with van der Waals surface area (Å²) in [6, 6.07) is 0. The van der Waals surface area contributed by atoms with E-state index in [0.717, 1.165) is 6.42 Å². The normalized spacial score (nSPS) is 14.6. The second-order valence-electron chi connectivity index (χ2n) is 2.87. The average molecular weight is 195 g/mol. The van der Waals surface area contributed by atoms with E-state index < -0.39 is 16.1 Å². The zero-order chi connectivity index (χ0) is 9.61. The van der Waals surface area contributed by atoms with Crippen LogP contribution < -0.4 is 4.72 Å². The third-order valence-electron chi connectivity index (χ3n) is 1.37. The minimum Gasteiger partial charge on any atom is -0.392 e. The van der Waals surface area contributed by atoms with Crippen LogP contribution in [0.3, 0.4) is 0 Å². The number of hydrogen-bond acceptors (Lipinski definition) is 3. The molecule has 0 aromatic carbocycles. The maximum absolute atomic E-state index is 11.1. The minimum absolute atomic E-state index is 0.103. The van der Waals surface area contributed by atoms with Gasteiger partial charge in [-0.15, -0.1) is 0 Å². The van der Waals surface area contributed by atoms with Crippen LogP contribution in [0.4, 0.5) is 0 Å². The van der Waals surface area contributed by atoms with Gasteiger partial charge in [-0.3, -0.25) is 0 Å². The molecule has 0 aromatic rings.